The van der Waals surface area contributed by atoms with Gasteiger partial charge in [-0.05, 0) is 40.5 Å². The Labute approximate surface area is 125 Å². The quantitative estimate of drug-likeness (QED) is 0.670. The van der Waals surface area contributed by atoms with Gasteiger partial charge < -0.3 is 15.2 Å². The van der Waals surface area contributed by atoms with Gasteiger partial charge in [-0.1, -0.05) is 6.08 Å². The van der Waals surface area contributed by atoms with E-state index in [-0.39, 0.29) is 6.01 Å². The standard InChI is InChI=1S/C14H14BrN3O2/c1-3-4-9-7-10(16)5-6-12(9)20-14-17-8-11(15)13(18-14)19-2/h3,5-8H,1,4,16H2,2H3. The SMILES string of the molecule is C=CCc1cc(N)ccc1Oc1ncc(Br)c(OC)n1. The maximum absolute atomic E-state index is 5.77. The summed E-state index contributed by atoms with van der Waals surface area (Å²) in [5.74, 6) is 1.05. The van der Waals surface area contributed by atoms with Gasteiger partial charge in [0, 0.05) is 11.3 Å². The molecule has 0 spiro atoms. The molecule has 0 unspecified atom stereocenters. The van der Waals surface area contributed by atoms with E-state index in [4.69, 9.17) is 15.2 Å². The van der Waals surface area contributed by atoms with Crippen LogP contribution in [0.15, 0.2) is 41.5 Å². The summed E-state index contributed by atoms with van der Waals surface area (Å²) in [6.07, 6.45) is 4.00. The molecule has 0 atom stereocenters. The Balaban J connectivity index is 2.31. The minimum atomic E-state index is 0.208. The molecule has 5 nitrogen and oxygen atoms in total. The van der Waals surface area contributed by atoms with Crippen molar-refractivity contribution >= 4 is 21.6 Å². The Kier molecular flexibility index (Phi) is 4.57. The van der Waals surface area contributed by atoms with Crippen LogP contribution in [0.2, 0.25) is 0 Å². The number of methoxy groups -OCH3 is 1. The molecule has 0 amide bonds. The second kappa shape index (κ2) is 6.38. The van der Waals surface area contributed by atoms with Crippen molar-refractivity contribution in [3.63, 3.8) is 0 Å². The van der Waals surface area contributed by atoms with Gasteiger partial charge in [-0.25, -0.2) is 4.98 Å². The number of nitrogen functional groups attached to an aromatic ring is 1. The maximum atomic E-state index is 5.77. The number of ether oxygens (including phenoxy) is 2. The Morgan fingerprint density at radius 3 is 2.95 bits per heavy atom. The molecule has 1 aromatic heterocycles. The summed E-state index contributed by atoms with van der Waals surface area (Å²) >= 11 is 3.29. The molecule has 1 aromatic carbocycles. The number of nitrogens with zero attached hydrogens (tertiary/aromatic N) is 2. The van der Waals surface area contributed by atoms with E-state index in [9.17, 15) is 0 Å². The fourth-order valence-electron chi connectivity index (χ4n) is 1.64. The van der Waals surface area contributed by atoms with Crippen LogP contribution in [0.4, 0.5) is 5.69 Å². The summed E-state index contributed by atoms with van der Waals surface area (Å²) in [4.78, 5) is 8.24. The van der Waals surface area contributed by atoms with Crippen LogP contribution in [0, 0.1) is 0 Å². The van der Waals surface area contributed by atoms with Gasteiger partial charge in [-0.3, -0.25) is 0 Å². The van der Waals surface area contributed by atoms with Crippen molar-refractivity contribution in [2.75, 3.05) is 12.8 Å². The van der Waals surface area contributed by atoms with E-state index in [1.807, 2.05) is 6.07 Å². The van der Waals surface area contributed by atoms with E-state index < -0.39 is 0 Å². The van der Waals surface area contributed by atoms with E-state index >= 15 is 0 Å². The average molecular weight is 336 g/mol. The van der Waals surface area contributed by atoms with Gasteiger partial charge >= 0.3 is 6.01 Å². The van der Waals surface area contributed by atoms with Crippen LogP contribution < -0.4 is 15.2 Å². The largest absolute Gasteiger partial charge is 0.480 e. The third-order valence-corrected chi connectivity index (χ3v) is 3.08. The van der Waals surface area contributed by atoms with E-state index in [1.54, 1.807) is 24.4 Å². The number of aromatic nitrogens is 2. The summed E-state index contributed by atoms with van der Waals surface area (Å²) in [6.45, 7) is 3.72. The second-order valence-electron chi connectivity index (χ2n) is 3.97. The predicted molar refractivity (Wildman–Crippen MR) is 81.1 cm³/mol. The first kappa shape index (κ1) is 14.3. The molecule has 1 heterocycles. The number of nitrogens with two attached hydrogens (primary N) is 1. The molecule has 20 heavy (non-hydrogen) atoms. The molecule has 0 bridgehead atoms. The molecule has 104 valence electrons. The lowest BCUT2D eigenvalue weighted by atomic mass is 10.1. The lowest BCUT2D eigenvalue weighted by Crippen LogP contribution is -1.98. The van der Waals surface area contributed by atoms with Gasteiger partial charge in [0.25, 0.3) is 0 Å². The molecule has 2 N–H and O–H groups in total. The number of rotatable bonds is 5. The summed E-state index contributed by atoms with van der Waals surface area (Å²) in [5.41, 5.74) is 7.36. The van der Waals surface area contributed by atoms with Crippen LogP contribution in [-0.2, 0) is 6.42 Å². The average Bonchev–Trinajstić information content (AvgIpc) is 2.44. The normalized spacial score (nSPS) is 10.1. The van der Waals surface area contributed by atoms with Gasteiger partial charge in [-0.2, -0.15) is 4.98 Å². The Morgan fingerprint density at radius 2 is 2.25 bits per heavy atom. The number of benzene rings is 1. The molecule has 0 aliphatic heterocycles. The van der Waals surface area contributed by atoms with E-state index in [0.29, 0.717) is 28.2 Å². The molecular formula is C14H14BrN3O2. The molecule has 0 saturated carbocycles. The third-order valence-electron chi connectivity index (χ3n) is 2.53. The van der Waals surface area contributed by atoms with E-state index in [1.165, 1.54) is 7.11 Å². The van der Waals surface area contributed by atoms with Crippen molar-refractivity contribution in [1.29, 1.82) is 0 Å². The van der Waals surface area contributed by atoms with E-state index in [0.717, 1.165) is 5.56 Å². The highest BCUT2D eigenvalue weighted by Gasteiger charge is 2.10. The van der Waals surface area contributed by atoms with Gasteiger partial charge in [-0.15, -0.1) is 6.58 Å². The number of halogens is 1. The summed E-state index contributed by atoms with van der Waals surface area (Å²) in [7, 11) is 1.53. The number of allylic oxidation sites excluding steroid dienone is 1. The molecule has 0 fully saturated rings. The lowest BCUT2D eigenvalue weighted by Gasteiger charge is -2.10. The van der Waals surface area contributed by atoms with Crippen LogP contribution in [0.1, 0.15) is 5.56 Å². The minimum Gasteiger partial charge on any atom is -0.480 e. The summed E-state index contributed by atoms with van der Waals surface area (Å²) < 4.78 is 11.5. The van der Waals surface area contributed by atoms with Gasteiger partial charge in [0.1, 0.15) is 5.75 Å². The van der Waals surface area contributed by atoms with Crippen LogP contribution in [-0.4, -0.2) is 17.1 Å². The molecule has 0 radical (unpaired) electrons. The van der Waals surface area contributed by atoms with Crippen LogP contribution >= 0.6 is 15.9 Å². The molecule has 2 rings (SSSR count). The lowest BCUT2D eigenvalue weighted by molar-refractivity contribution is 0.373. The monoisotopic (exact) mass is 335 g/mol. The van der Waals surface area contributed by atoms with Gasteiger partial charge in [0.15, 0.2) is 0 Å². The Bertz CT molecular complexity index is 632. The molecule has 6 heteroatoms. The number of anilines is 1. The van der Waals surface area contributed by atoms with E-state index in [2.05, 4.69) is 32.5 Å². The first-order valence-corrected chi connectivity index (χ1v) is 6.67. The van der Waals surface area contributed by atoms with Crippen molar-refractivity contribution in [2.45, 2.75) is 6.42 Å². The highest BCUT2D eigenvalue weighted by molar-refractivity contribution is 9.10. The fourth-order valence-corrected chi connectivity index (χ4v) is 1.99. The zero-order valence-electron chi connectivity index (χ0n) is 11.0. The van der Waals surface area contributed by atoms with Crippen LogP contribution in [0.5, 0.6) is 17.6 Å². The smallest absolute Gasteiger partial charge is 0.325 e. The second-order valence-corrected chi connectivity index (χ2v) is 4.83. The maximum Gasteiger partial charge on any atom is 0.325 e. The number of hydrogen-bond acceptors (Lipinski definition) is 5. The van der Waals surface area contributed by atoms with Crippen molar-refractivity contribution in [1.82, 2.24) is 9.97 Å². The molecule has 0 aliphatic rings. The topological polar surface area (TPSA) is 70.3 Å². The third kappa shape index (κ3) is 3.27. The van der Waals surface area contributed by atoms with Gasteiger partial charge in [0.2, 0.25) is 5.88 Å². The summed E-state index contributed by atoms with van der Waals surface area (Å²) in [6, 6.07) is 5.59. The molecule has 2 aromatic rings. The zero-order chi connectivity index (χ0) is 14.5. The van der Waals surface area contributed by atoms with Crippen molar-refractivity contribution in [3.05, 3.63) is 47.1 Å². The molecule has 0 aliphatic carbocycles. The first-order valence-electron chi connectivity index (χ1n) is 5.87. The predicted octanol–water partition coefficient (Wildman–Crippen LogP) is 3.35. The fraction of sp³-hybridized carbons (Fsp3) is 0.143. The molecular weight excluding hydrogens is 322 g/mol. The van der Waals surface area contributed by atoms with Crippen molar-refractivity contribution in [3.8, 4) is 17.6 Å². The van der Waals surface area contributed by atoms with Crippen LogP contribution in [0.25, 0.3) is 0 Å². The van der Waals surface area contributed by atoms with Crippen LogP contribution in [0.3, 0.4) is 0 Å². The zero-order valence-corrected chi connectivity index (χ0v) is 12.6. The molecule has 0 saturated heterocycles. The summed E-state index contributed by atoms with van der Waals surface area (Å²) in [5, 5.41) is 0. The van der Waals surface area contributed by atoms with Gasteiger partial charge in [0.05, 0.1) is 17.8 Å². The first-order chi connectivity index (χ1) is 9.63. The van der Waals surface area contributed by atoms with Crippen molar-refractivity contribution < 1.29 is 9.47 Å². The van der Waals surface area contributed by atoms with Crippen molar-refractivity contribution in [2.24, 2.45) is 0 Å². The Hall–Kier alpha value is -2.08. The highest BCUT2D eigenvalue weighted by atomic mass is 79.9. The number of hydrogen-bond donors (Lipinski definition) is 1. The Morgan fingerprint density at radius 1 is 1.45 bits per heavy atom. The highest BCUT2D eigenvalue weighted by Crippen LogP contribution is 2.28. The minimum absolute atomic E-state index is 0.208.